The molecule has 12 nitrogen and oxygen atoms in total. The molecule has 4 N–H and O–H groups in total. The summed E-state index contributed by atoms with van der Waals surface area (Å²) in [7, 11) is 1.44. The number of halogens is 2. The number of nitrogens with one attached hydrogen (secondary N) is 3. The lowest BCUT2D eigenvalue weighted by atomic mass is 10.1. The van der Waals surface area contributed by atoms with E-state index in [-0.39, 0.29) is 12.0 Å². The number of carbonyl (C=O) groups excluding carboxylic acids is 1. The topological polar surface area (TPSA) is 147 Å². The second-order valence-electron chi connectivity index (χ2n) is 10.5. The van der Waals surface area contributed by atoms with E-state index in [2.05, 4.69) is 32.2 Å². The van der Waals surface area contributed by atoms with Crippen LogP contribution >= 0.6 is 23.2 Å². The second-order valence-corrected chi connectivity index (χ2v) is 11.3. The Hall–Kier alpha value is -5.30. The summed E-state index contributed by atoms with van der Waals surface area (Å²) in [5, 5.41) is 15.8. The van der Waals surface area contributed by atoms with Crippen molar-refractivity contribution in [3.05, 3.63) is 131 Å². The zero-order valence-electron chi connectivity index (χ0n) is 27.0. The van der Waals surface area contributed by atoms with Gasteiger partial charge in [0.25, 0.3) is 5.91 Å². The van der Waals surface area contributed by atoms with Gasteiger partial charge < -0.3 is 34.8 Å². The van der Waals surface area contributed by atoms with Crippen molar-refractivity contribution in [2.45, 2.75) is 19.6 Å². The fourth-order valence-corrected chi connectivity index (χ4v) is 5.02. The number of ether oxygens (including phenoxy) is 2. The maximum Gasteiger partial charge on any atom is 0.413 e. The molecule has 1 aliphatic heterocycles. The monoisotopic (exact) mass is 705 g/mol. The average molecular weight is 707 g/mol. The van der Waals surface area contributed by atoms with Crippen molar-refractivity contribution in [3.63, 3.8) is 0 Å². The molecule has 256 valence electrons. The number of carbonyl (C=O) groups is 2. The summed E-state index contributed by atoms with van der Waals surface area (Å²) in [6.07, 6.45) is 5.86. The fourth-order valence-electron chi connectivity index (χ4n) is 4.49. The van der Waals surface area contributed by atoms with E-state index in [1.54, 1.807) is 37.7 Å². The number of anilines is 2. The van der Waals surface area contributed by atoms with Crippen LogP contribution in [0, 0.1) is 0 Å². The zero-order valence-corrected chi connectivity index (χ0v) is 28.5. The van der Waals surface area contributed by atoms with Gasteiger partial charge in [-0.25, -0.2) is 14.8 Å². The average Bonchev–Trinajstić information content (AvgIpc) is 3.78. The maximum absolute atomic E-state index is 11.9. The summed E-state index contributed by atoms with van der Waals surface area (Å²) in [4.78, 5) is 34.6. The molecule has 0 bridgehead atoms. The van der Waals surface area contributed by atoms with Crippen LogP contribution in [0.3, 0.4) is 0 Å². The molecule has 2 aromatic heterocycles. The van der Waals surface area contributed by atoms with Gasteiger partial charge >= 0.3 is 6.09 Å². The number of carboxylic acid groups (broad SMARTS) is 1. The molecule has 6 rings (SSSR count). The SMILES string of the molecule is C=CCOC(Cn1ccnc1)c1ccc(Cl)cc1Cl.CC1=C(C(=O)Nc2ccccc2)NCCO1.CN(C(=O)O)c1nc2ccccc2[nH]1. The number of allylic oxidation sites excluding steroid dienone is 1. The zero-order chi connectivity index (χ0) is 35.2. The molecule has 3 aromatic carbocycles. The van der Waals surface area contributed by atoms with E-state index in [4.69, 9.17) is 37.8 Å². The van der Waals surface area contributed by atoms with Gasteiger partial charge in [0, 0.05) is 47.3 Å². The van der Waals surface area contributed by atoms with Gasteiger partial charge in [-0.15, -0.1) is 6.58 Å². The van der Waals surface area contributed by atoms with Gasteiger partial charge in [-0.05, 0) is 43.3 Å². The van der Waals surface area contributed by atoms with Gasteiger partial charge in [-0.1, -0.05) is 65.7 Å². The molecular weight excluding hydrogens is 669 g/mol. The van der Waals surface area contributed by atoms with Crippen LogP contribution in [-0.2, 0) is 20.8 Å². The highest BCUT2D eigenvalue weighted by Crippen LogP contribution is 2.29. The van der Waals surface area contributed by atoms with Crippen molar-refractivity contribution in [1.29, 1.82) is 0 Å². The largest absolute Gasteiger partial charge is 0.494 e. The number of para-hydroxylation sites is 3. The third-order valence-electron chi connectivity index (χ3n) is 6.98. The third kappa shape index (κ3) is 10.9. The Morgan fingerprint density at radius 2 is 1.92 bits per heavy atom. The molecule has 5 aromatic rings. The van der Waals surface area contributed by atoms with Crippen LogP contribution in [0.2, 0.25) is 10.0 Å². The van der Waals surface area contributed by atoms with Gasteiger partial charge in [-0.3, -0.25) is 9.69 Å². The number of H-pyrrole nitrogens is 1. The summed E-state index contributed by atoms with van der Waals surface area (Å²) in [6, 6.07) is 22.2. The molecule has 3 heterocycles. The van der Waals surface area contributed by atoms with Crippen LogP contribution in [0.25, 0.3) is 11.0 Å². The first-order chi connectivity index (χ1) is 23.7. The molecule has 0 saturated heterocycles. The van der Waals surface area contributed by atoms with Crippen molar-refractivity contribution in [3.8, 4) is 0 Å². The number of nitrogens with zero attached hydrogens (tertiary/aromatic N) is 4. The number of amides is 2. The van der Waals surface area contributed by atoms with E-state index in [9.17, 15) is 9.59 Å². The molecule has 1 unspecified atom stereocenters. The van der Waals surface area contributed by atoms with Crippen molar-refractivity contribution >= 4 is 57.9 Å². The highest BCUT2D eigenvalue weighted by Gasteiger charge is 2.18. The Balaban J connectivity index is 0.000000167. The Morgan fingerprint density at radius 3 is 2.57 bits per heavy atom. The molecule has 0 fully saturated rings. The molecule has 1 atom stereocenters. The lowest BCUT2D eigenvalue weighted by molar-refractivity contribution is -0.113. The molecule has 0 radical (unpaired) electrons. The third-order valence-corrected chi connectivity index (χ3v) is 7.54. The fraction of sp³-hybridized carbons (Fsp3) is 0.200. The number of hydrogen-bond donors (Lipinski definition) is 4. The summed E-state index contributed by atoms with van der Waals surface area (Å²) < 4.78 is 13.0. The summed E-state index contributed by atoms with van der Waals surface area (Å²) >= 11 is 12.1. The molecule has 0 saturated carbocycles. The lowest BCUT2D eigenvalue weighted by Crippen LogP contribution is -2.33. The first-order valence-electron chi connectivity index (χ1n) is 15.1. The number of benzene rings is 3. The highest BCUT2D eigenvalue weighted by molar-refractivity contribution is 6.35. The second kappa shape index (κ2) is 18.3. The van der Waals surface area contributed by atoms with E-state index in [0.717, 1.165) is 27.2 Å². The van der Waals surface area contributed by atoms with Gasteiger partial charge in [0.2, 0.25) is 5.95 Å². The maximum atomic E-state index is 11.9. The Kier molecular flexibility index (Phi) is 13.6. The number of fused-ring (bicyclic) bond motifs is 1. The quantitative estimate of drug-likeness (QED) is 0.117. The van der Waals surface area contributed by atoms with Crippen molar-refractivity contribution < 1.29 is 24.2 Å². The van der Waals surface area contributed by atoms with Gasteiger partial charge in [0.15, 0.2) is 0 Å². The molecular formula is C35H37Cl2N7O5. The van der Waals surface area contributed by atoms with Gasteiger partial charge in [0.1, 0.15) is 24.2 Å². The van der Waals surface area contributed by atoms with Crippen LogP contribution in [0.1, 0.15) is 18.6 Å². The first kappa shape index (κ1) is 36.5. The van der Waals surface area contributed by atoms with Crippen LogP contribution < -0.4 is 15.5 Å². The molecule has 0 aliphatic carbocycles. The normalized spacial score (nSPS) is 12.7. The predicted octanol–water partition coefficient (Wildman–Crippen LogP) is 7.29. The lowest BCUT2D eigenvalue weighted by Gasteiger charge is -2.20. The number of imidazole rings is 2. The summed E-state index contributed by atoms with van der Waals surface area (Å²) in [5.74, 6) is 0.807. The van der Waals surface area contributed by atoms with E-state index < -0.39 is 6.09 Å². The molecule has 0 spiro atoms. The Bertz CT molecular complexity index is 1830. The number of aromatic amines is 1. The highest BCUT2D eigenvalue weighted by atomic mass is 35.5. The predicted molar refractivity (Wildman–Crippen MR) is 192 cm³/mol. The van der Waals surface area contributed by atoms with Gasteiger partial charge in [0.05, 0.1) is 30.5 Å². The molecule has 2 amide bonds. The number of aromatic nitrogens is 4. The van der Waals surface area contributed by atoms with E-state index in [0.29, 0.717) is 53.8 Å². The number of rotatable bonds is 9. The minimum atomic E-state index is -1.04. The van der Waals surface area contributed by atoms with Crippen molar-refractivity contribution in [2.75, 3.05) is 37.0 Å². The Labute approximate surface area is 294 Å². The summed E-state index contributed by atoms with van der Waals surface area (Å²) in [5.41, 5.74) is 3.78. The smallest absolute Gasteiger partial charge is 0.413 e. The summed E-state index contributed by atoms with van der Waals surface area (Å²) in [6.45, 7) is 7.80. The van der Waals surface area contributed by atoms with Crippen LogP contribution in [-0.4, -0.2) is 63.4 Å². The van der Waals surface area contributed by atoms with Gasteiger partial charge in [-0.2, -0.15) is 0 Å². The van der Waals surface area contributed by atoms with Crippen LogP contribution in [0.15, 0.2) is 116 Å². The van der Waals surface area contributed by atoms with Crippen molar-refractivity contribution in [2.24, 2.45) is 0 Å². The van der Waals surface area contributed by atoms with Crippen LogP contribution in [0.5, 0.6) is 0 Å². The molecule has 1 aliphatic rings. The first-order valence-corrected chi connectivity index (χ1v) is 15.9. The standard InChI is InChI=1S/C14H14Cl2N2O.C12H14N2O2.C9H9N3O2/c1-2-7-19-14(9-18-6-5-17-10-18)12-4-3-11(15)8-13(12)16;1-9-11(13-7-8-16-9)12(15)14-10-5-3-2-4-6-10;1-12(9(13)14)8-10-6-4-2-3-5-7(6)11-8/h2-6,8,10,14H,1,7,9H2;2-6,13H,7-8H2,1H3,(H,14,15);2-5H,1H3,(H,10,11)(H,13,14). The van der Waals surface area contributed by atoms with Crippen LogP contribution in [0.4, 0.5) is 16.4 Å². The van der Waals surface area contributed by atoms with E-state index >= 15 is 0 Å². The Morgan fingerprint density at radius 1 is 1.16 bits per heavy atom. The number of hydrogen-bond acceptors (Lipinski definition) is 7. The van der Waals surface area contributed by atoms with E-state index in [1.807, 2.05) is 71.4 Å². The minimum absolute atomic E-state index is 0.164. The van der Waals surface area contributed by atoms with E-state index in [1.165, 1.54) is 7.05 Å². The molecule has 14 heteroatoms. The van der Waals surface area contributed by atoms with Crippen molar-refractivity contribution in [1.82, 2.24) is 24.8 Å². The molecule has 49 heavy (non-hydrogen) atoms. The minimum Gasteiger partial charge on any atom is -0.494 e.